The molecule has 0 aliphatic carbocycles. The van der Waals surface area contributed by atoms with Crippen molar-refractivity contribution in [1.82, 2.24) is 5.32 Å². The van der Waals surface area contributed by atoms with E-state index in [-0.39, 0.29) is 17.2 Å². The highest BCUT2D eigenvalue weighted by molar-refractivity contribution is 7.92. The summed E-state index contributed by atoms with van der Waals surface area (Å²) in [7, 11) is -3.81. The van der Waals surface area contributed by atoms with Crippen molar-refractivity contribution in [2.45, 2.75) is 48.4 Å². The second kappa shape index (κ2) is 7.64. The number of rotatable bonds is 6. The van der Waals surface area contributed by atoms with Crippen molar-refractivity contribution < 1.29 is 22.7 Å². The van der Waals surface area contributed by atoms with E-state index in [9.17, 15) is 22.7 Å². The zero-order chi connectivity index (χ0) is 20.5. The maximum Gasteiger partial charge on any atom is 0.323 e. The Bertz CT molecular complexity index is 944. The summed E-state index contributed by atoms with van der Waals surface area (Å²) in [6, 6.07) is 12.8. The summed E-state index contributed by atoms with van der Waals surface area (Å²) < 4.78 is 40.1. The Labute approximate surface area is 164 Å². The van der Waals surface area contributed by atoms with E-state index in [1.165, 1.54) is 36.4 Å². The number of aliphatic carboxylic acids is 1. The standard InChI is InChI=1S/C21H24FNO4S/c1-14(2)12-21(20(24)25)13-18(28(26,27)17-6-4-3-5-7-17)19(23-21)15-8-10-16(22)11-9-15/h3-11,14,18-19,23H,12-13H2,1-2H3,(H,24,25)/t18-,19-,21-/m1/s1. The predicted octanol–water partition coefficient (Wildman–Crippen LogP) is 3.57. The molecule has 1 saturated heterocycles. The fourth-order valence-corrected chi connectivity index (χ4v) is 6.00. The molecule has 2 N–H and O–H groups in total. The molecule has 3 rings (SSSR count). The molecule has 7 heteroatoms. The van der Waals surface area contributed by atoms with Gasteiger partial charge < -0.3 is 5.11 Å². The molecule has 0 radical (unpaired) electrons. The van der Waals surface area contributed by atoms with E-state index in [0.29, 0.717) is 12.0 Å². The highest BCUT2D eigenvalue weighted by Gasteiger charge is 2.54. The number of nitrogens with one attached hydrogen (secondary N) is 1. The molecule has 1 heterocycles. The Morgan fingerprint density at radius 3 is 2.32 bits per heavy atom. The van der Waals surface area contributed by atoms with Crippen molar-refractivity contribution in [2.75, 3.05) is 0 Å². The van der Waals surface area contributed by atoms with Crippen molar-refractivity contribution in [3.8, 4) is 0 Å². The van der Waals surface area contributed by atoms with Crippen LogP contribution in [0.5, 0.6) is 0 Å². The van der Waals surface area contributed by atoms with Crippen LogP contribution >= 0.6 is 0 Å². The van der Waals surface area contributed by atoms with Gasteiger partial charge in [0.05, 0.1) is 16.2 Å². The number of carboxylic acids is 1. The van der Waals surface area contributed by atoms with Gasteiger partial charge in [-0.05, 0) is 48.6 Å². The summed E-state index contributed by atoms with van der Waals surface area (Å²) in [5.41, 5.74) is -0.808. The highest BCUT2D eigenvalue weighted by Crippen LogP contribution is 2.42. The number of hydrogen-bond donors (Lipinski definition) is 2. The van der Waals surface area contributed by atoms with Crippen LogP contribution in [0.25, 0.3) is 0 Å². The summed E-state index contributed by atoms with van der Waals surface area (Å²) in [4.78, 5) is 12.3. The Hall–Kier alpha value is -2.25. The van der Waals surface area contributed by atoms with Gasteiger partial charge in [-0.2, -0.15) is 0 Å². The zero-order valence-electron chi connectivity index (χ0n) is 15.8. The molecule has 0 bridgehead atoms. The lowest BCUT2D eigenvalue weighted by Gasteiger charge is -2.27. The largest absolute Gasteiger partial charge is 0.480 e. The average Bonchev–Trinajstić information content (AvgIpc) is 3.04. The molecule has 0 spiro atoms. The normalized spacial score (nSPS) is 25.1. The zero-order valence-corrected chi connectivity index (χ0v) is 16.6. The van der Waals surface area contributed by atoms with Crippen LogP contribution in [0.2, 0.25) is 0 Å². The van der Waals surface area contributed by atoms with E-state index in [1.54, 1.807) is 18.2 Å². The van der Waals surface area contributed by atoms with Crippen LogP contribution in [0.3, 0.4) is 0 Å². The van der Waals surface area contributed by atoms with E-state index in [0.717, 1.165) is 0 Å². The lowest BCUT2D eigenvalue weighted by atomic mass is 9.87. The number of carboxylic acid groups (broad SMARTS) is 1. The first kappa shape index (κ1) is 20.5. The van der Waals surface area contributed by atoms with Gasteiger partial charge in [-0.15, -0.1) is 0 Å². The fourth-order valence-electron chi connectivity index (χ4n) is 4.03. The quantitative estimate of drug-likeness (QED) is 0.768. The number of halogens is 1. The molecule has 1 fully saturated rings. The van der Waals surface area contributed by atoms with Crippen LogP contribution in [0.1, 0.15) is 38.3 Å². The molecular formula is C21H24FNO4S. The number of sulfone groups is 1. The van der Waals surface area contributed by atoms with Crippen molar-refractivity contribution in [1.29, 1.82) is 0 Å². The minimum Gasteiger partial charge on any atom is -0.480 e. The number of carbonyl (C=O) groups is 1. The number of hydrogen-bond acceptors (Lipinski definition) is 4. The van der Waals surface area contributed by atoms with E-state index >= 15 is 0 Å². The van der Waals surface area contributed by atoms with Crippen molar-refractivity contribution in [3.63, 3.8) is 0 Å². The lowest BCUT2D eigenvalue weighted by Crippen LogP contribution is -2.49. The summed E-state index contributed by atoms with van der Waals surface area (Å²) in [6.45, 7) is 3.80. The minimum atomic E-state index is -3.81. The molecule has 150 valence electrons. The summed E-state index contributed by atoms with van der Waals surface area (Å²) in [6.07, 6.45) is 0.237. The fraction of sp³-hybridized carbons (Fsp3) is 0.381. The van der Waals surface area contributed by atoms with Gasteiger partial charge in [0.15, 0.2) is 9.84 Å². The maximum atomic E-state index is 13.4. The van der Waals surface area contributed by atoms with Crippen molar-refractivity contribution in [2.24, 2.45) is 5.92 Å². The van der Waals surface area contributed by atoms with Crippen molar-refractivity contribution in [3.05, 3.63) is 66.0 Å². The van der Waals surface area contributed by atoms with Gasteiger partial charge in [0.1, 0.15) is 11.4 Å². The number of benzene rings is 2. The van der Waals surface area contributed by atoms with Gasteiger partial charge in [0.25, 0.3) is 0 Å². The van der Waals surface area contributed by atoms with Crippen LogP contribution in [-0.2, 0) is 14.6 Å². The molecule has 28 heavy (non-hydrogen) atoms. The third-order valence-electron chi connectivity index (χ3n) is 5.22. The Kier molecular flexibility index (Phi) is 5.59. The summed E-state index contributed by atoms with van der Waals surface area (Å²) in [5.74, 6) is -1.45. The van der Waals surface area contributed by atoms with Gasteiger partial charge in [0, 0.05) is 0 Å². The van der Waals surface area contributed by atoms with E-state index in [2.05, 4.69) is 5.32 Å². The monoisotopic (exact) mass is 405 g/mol. The lowest BCUT2D eigenvalue weighted by molar-refractivity contribution is -0.145. The van der Waals surface area contributed by atoms with E-state index < -0.39 is 38.5 Å². The summed E-state index contributed by atoms with van der Waals surface area (Å²) in [5, 5.41) is 12.1. The molecule has 1 aliphatic heterocycles. The maximum absolute atomic E-state index is 13.4. The molecule has 0 amide bonds. The van der Waals surface area contributed by atoms with Gasteiger partial charge >= 0.3 is 5.97 Å². The van der Waals surface area contributed by atoms with Gasteiger partial charge in [-0.25, -0.2) is 12.8 Å². The van der Waals surface area contributed by atoms with Gasteiger partial charge in [-0.1, -0.05) is 44.2 Å². The first-order chi connectivity index (χ1) is 13.2. The van der Waals surface area contributed by atoms with Crippen LogP contribution in [0.15, 0.2) is 59.5 Å². The van der Waals surface area contributed by atoms with Crippen molar-refractivity contribution >= 4 is 15.8 Å². The molecule has 1 aliphatic rings. The first-order valence-electron chi connectivity index (χ1n) is 9.21. The summed E-state index contributed by atoms with van der Waals surface area (Å²) >= 11 is 0. The molecule has 2 aromatic carbocycles. The first-order valence-corrected chi connectivity index (χ1v) is 10.8. The molecule has 3 atom stereocenters. The van der Waals surface area contributed by atoms with Gasteiger partial charge in [0.2, 0.25) is 0 Å². The van der Waals surface area contributed by atoms with E-state index in [1.807, 2.05) is 13.8 Å². The SMILES string of the molecule is CC(C)C[C@]1(C(=O)O)C[C@@H](S(=O)(=O)c2ccccc2)[C@@H](c2ccc(F)cc2)N1. The molecular weight excluding hydrogens is 381 g/mol. The topological polar surface area (TPSA) is 83.5 Å². The molecule has 2 aromatic rings. The molecule has 5 nitrogen and oxygen atoms in total. The predicted molar refractivity (Wildman–Crippen MR) is 104 cm³/mol. The third-order valence-corrected chi connectivity index (χ3v) is 7.38. The van der Waals surface area contributed by atoms with Crippen LogP contribution in [-0.4, -0.2) is 30.3 Å². The molecule has 0 saturated carbocycles. The van der Waals surface area contributed by atoms with Crippen LogP contribution in [0, 0.1) is 11.7 Å². The molecule has 0 aromatic heterocycles. The van der Waals surface area contributed by atoms with Crippen LogP contribution in [0.4, 0.5) is 4.39 Å². The second-order valence-corrected chi connectivity index (χ2v) is 9.93. The average molecular weight is 405 g/mol. The van der Waals surface area contributed by atoms with Crippen LogP contribution < -0.4 is 5.32 Å². The Balaban J connectivity index is 2.10. The minimum absolute atomic E-state index is 0.0515. The Morgan fingerprint density at radius 1 is 1.18 bits per heavy atom. The Morgan fingerprint density at radius 2 is 1.79 bits per heavy atom. The highest BCUT2D eigenvalue weighted by atomic mass is 32.2. The third kappa shape index (κ3) is 3.82. The second-order valence-electron chi connectivity index (χ2n) is 7.76. The smallest absolute Gasteiger partial charge is 0.323 e. The molecule has 0 unspecified atom stereocenters. The van der Waals surface area contributed by atoms with E-state index in [4.69, 9.17) is 0 Å². The van der Waals surface area contributed by atoms with Gasteiger partial charge in [-0.3, -0.25) is 10.1 Å².